The molecule has 0 spiro atoms. The van der Waals surface area contributed by atoms with Gasteiger partial charge in [-0.2, -0.15) is 4.31 Å². The first-order chi connectivity index (χ1) is 15.2. The minimum absolute atomic E-state index is 0.00567. The fourth-order valence-corrected chi connectivity index (χ4v) is 5.34. The highest BCUT2D eigenvalue weighted by molar-refractivity contribution is 7.89. The number of carbonyl (C=O) groups excluding carboxylic acids is 2. The van der Waals surface area contributed by atoms with Crippen molar-refractivity contribution in [3.8, 4) is 0 Å². The third-order valence-corrected chi connectivity index (χ3v) is 7.59. The van der Waals surface area contributed by atoms with Crippen LogP contribution in [0.2, 0.25) is 0 Å². The lowest BCUT2D eigenvalue weighted by atomic mass is 10.2. The normalized spacial score (nSPS) is 14.9. The Kier molecular flexibility index (Phi) is 7.63. The molecule has 3 rings (SSSR count). The van der Waals surface area contributed by atoms with Crippen molar-refractivity contribution < 1.29 is 22.4 Å². The van der Waals surface area contributed by atoms with Gasteiger partial charge >= 0.3 is 0 Å². The van der Waals surface area contributed by atoms with Gasteiger partial charge in [-0.05, 0) is 37.1 Å². The maximum Gasteiger partial charge on any atom is 0.243 e. The number of piperazine rings is 1. The van der Waals surface area contributed by atoms with E-state index in [1.165, 1.54) is 10.4 Å². The molecular formula is C23H28FN3O4S. The van der Waals surface area contributed by atoms with E-state index in [2.05, 4.69) is 5.32 Å². The fraction of sp³-hybridized carbons (Fsp3) is 0.391. The van der Waals surface area contributed by atoms with Crippen LogP contribution in [0.4, 0.5) is 4.39 Å². The van der Waals surface area contributed by atoms with Gasteiger partial charge in [0, 0.05) is 51.1 Å². The topological polar surface area (TPSA) is 86.8 Å². The maximum absolute atomic E-state index is 13.6. The molecular weight excluding hydrogens is 433 g/mol. The Hall–Kier alpha value is -2.78. The molecule has 0 aromatic heterocycles. The summed E-state index contributed by atoms with van der Waals surface area (Å²) < 4.78 is 41.0. The number of nitrogens with one attached hydrogen (secondary N) is 1. The summed E-state index contributed by atoms with van der Waals surface area (Å²) in [5.74, 6) is -0.926. The molecule has 32 heavy (non-hydrogen) atoms. The van der Waals surface area contributed by atoms with Gasteiger partial charge in [0.15, 0.2) is 0 Å². The zero-order valence-electron chi connectivity index (χ0n) is 18.3. The van der Waals surface area contributed by atoms with Crippen molar-refractivity contribution in [1.82, 2.24) is 14.5 Å². The Morgan fingerprint density at radius 3 is 2.38 bits per heavy atom. The average Bonchev–Trinajstić information content (AvgIpc) is 2.78. The van der Waals surface area contributed by atoms with E-state index in [0.29, 0.717) is 16.0 Å². The molecule has 1 N–H and O–H groups in total. The van der Waals surface area contributed by atoms with Crippen LogP contribution in [0.1, 0.15) is 29.5 Å². The van der Waals surface area contributed by atoms with Crippen molar-refractivity contribution in [2.45, 2.75) is 38.1 Å². The summed E-state index contributed by atoms with van der Waals surface area (Å²) in [4.78, 5) is 26.4. The van der Waals surface area contributed by atoms with Crippen molar-refractivity contribution in [2.75, 3.05) is 26.2 Å². The highest BCUT2D eigenvalue weighted by Crippen LogP contribution is 2.22. The van der Waals surface area contributed by atoms with E-state index in [1.54, 1.807) is 42.2 Å². The monoisotopic (exact) mass is 461 g/mol. The molecule has 0 unspecified atom stereocenters. The molecule has 0 aliphatic carbocycles. The summed E-state index contributed by atoms with van der Waals surface area (Å²) in [6.07, 6.45) is 0.0150. The zero-order valence-corrected chi connectivity index (χ0v) is 19.1. The number of nitrogens with zero attached hydrogens (tertiary/aromatic N) is 2. The van der Waals surface area contributed by atoms with E-state index >= 15 is 0 Å². The lowest BCUT2D eigenvalue weighted by Crippen LogP contribution is -2.50. The Morgan fingerprint density at radius 2 is 1.69 bits per heavy atom. The second-order valence-corrected chi connectivity index (χ2v) is 9.83. The quantitative estimate of drug-likeness (QED) is 0.686. The van der Waals surface area contributed by atoms with Gasteiger partial charge in [-0.1, -0.05) is 30.3 Å². The number of hydrogen-bond acceptors (Lipinski definition) is 4. The molecule has 7 nitrogen and oxygen atoms in total. The Bertz CT molecular complexity index is 1100. The SMILES string of the molecule is Cc1ccc(C)c(S(=O)(=O)N2CCN(C(=O)CCC(=O)NCc3ccccc3F)CC2)c1. The second kappa shape index (κ2) is 10.2. The molecule has 1 aliphatic rings. The number of carbonyl (C=O) groups is 2. The molecule has 1 aliphatic heterocycles. The van der Waals surface area contributed by atoms with E-state index in [4.69, 9.17) is 0 Å². The van der Waals surface area contributed by atoms with Crippen molar-refractivity contribution >= 4 is 21.8 Å². The number of benzene rings is 2. The van der Waals surface area contributed by atoms with E-state index in [1.807, 2.05) is 13.0 Å². The molecule has 0 bridgehead atoms. The summed E-state index contributed by atoms with van der Waals surface area (Å²) in [6.45, 7) is 4.65. The Morgan fingerprint density at radius 1 is 1.00 bits per heavy atom. The highest BCUT2D eigenvalue weighted by atomic mass is 32.2. The first-order valence-electron chi connectivity index (χ1n) is 10.5. The molecule has 2 aromatic carbocycles. The number of aryl methyl sites for hydroxylation is 2. The van der Waals surface area contributed by atoms with Gasteiger partial charge in [0.25, 0.3) is 0 Å². The van der Waals surface area contributed by atoms with E-state index in [9.17, 15) is 22.4 Å². The van der Waals surface area contributed by atoms with Gasteiger partial charge in [0.05, 0.1) is 4.90 Å². The molecule has 1 heterocycles. The smallest absolute Gasteiger partial charge is 0.243 e. The summed E-state index contributed by atoms with van der Waals surface area (Å²) in [6, 6.07) is 11.5. The van der Waals surface area contributed by atoms with E-state index in [-0.39, 0.29) is 57.4 Å². The largest absolute Gasteiger partial charge is 0.352 e. The third kappa shape index (κ3) is 5.72. The van der Waals surface area contributed by atoms with Crippen LogP contribution < -0.4 is 5.32 Å². The first kappa shape index (κ1) is 23.9. The van der Waals surface area contributed by atoms with Crippen molar-refractivity contribution in [3.63, 3.8) is 0 Å². The highest BCUT2D eigenvalue weighted by Gasteiger charge is 2.31. The predicted octanol–water partition coefficient (Wildman–Crippen LogP) is 2.37. The zero-order chi connectivity index (χ0) is 23.3. The minimum atomic E-state index is -3.63. The standard InChI is InChI=1S/C23H28FN3O4S/c1-17-7-8-18(2)21(15-17)32(30,31)27-13-11-26(12-14-27)23(29)10-9-22(28)25-16-19-5-3-4-6-20(19)24/h3-8,15H,9-14,16H2,1-2H3,(H,25,28). The van der Waals surface area contributed by atoms with Crippen LogP contribution in [-0.4, -0.2) is 55.6 Å². The van der Waals surface area contributed by atoms with Gasteiger partial charge in [0.2, 0.25) is 21.8 Å². The number of hydrogen-bond donors (Lipinski definition) is 1. The van der Waals surface area contributed by atoms with Crippen LogP contribution in [0.25, 0.3) is 0 Å². The van der Waals surface area contributed by atoms with Gasteiger partial charge < -0.3 is 10.2 Å². The van der Waals surface area contributed by atoms with Crippen LogP contribution in [0.15, 0.2) is 47.4 Å². The summed E-state index contributed by atoms with van der Waals surface area (Å²) in [7, 11) is -3.63. The summed E-state index contributed by atoms with van der Waals surface area (Å²) in [5, 5.41) is 2.62. The van der Waals surface area contributed by atoms with E-state index < -0.39 is 15.8 Å². The van der Waals surface area contributed by atoms with Crippen LogP contribution >= 0.6 is 0 Å². The number of rotatable bonds is 7. The van der Waals surface area contributed by atoms with Crippen LogP contribution in [-0.2, 0) is 26.2 Å². The maximum atomic E-state index is 13.6. The van der Waals surface area contributed by atoms with Gasteiger partial charge in [0.1, 0.15) is 5.82 Å². The van der Waals surface area contributed by atoms with Crippen LogP contribution in [0.5, 0.6) is 0 Å². The van der Waals surface area contributed by atoms with Gasteiger partial charge in [-0.15, -0.1) is 0 Å². The van der Waals surface area contributed by atoms with E-state index in [0.717, 1.165) is 5.56 Å². The molecule has 172 valence electrons. The summed E-state index contributed by atoms with van der Waals surface area (Å²) in [5.41, 5.74) is 1.94. The molecule has 9 heteroatoms. The molecule has 2 amide bonds. The van der Waals surface area contributed by atoms with Crippen LogP contribution in [0, 0.1) is 19.7 Å². The number of amides is 2. The fourth-order valence-electron chi connectivity index (χ4n) is 3.60. The molecule has 1 saturated heterocycles. The lowest BCUT2D eigenvalue weighted by molar-refractivity contribution is -0.134. The van der Waals surface area contributed by atoms with Crippen molar-refractivity contribution in [2.24, 2.45) is 0 Å². The first-order valence-corrected chi connectivity index (χ1v) is 12.0. The van der Waals surface area contributed by atoms with Crippen LogP contribution in [0.3, 0.4) is 0 Å². The number of halogens is 1. The van der Waals surface area contributed by atoms with Gasteiger partial charge in [-0.3, -0.25) is 9.59 Å². The Balaban J connectivity index is 1.47. The van der Waals surface area contributed by atoms with Crippen molar-refractivity contribution in [1.29, 1.82) is 0 Å². The third-order valence-electron chi connectivity index (χ3n) is 5.55. The number of sulfonamides is 1. The molecule has 0 saturated carbocycles. The van der Waals surface area contributed by atoms with Crippen molar-refractivity contribution in [3.05, 3.63) is 65.0 Å². The molecule has 2 aromatic rings. The Labute approximate surface area is 188 Å². The van der Waals surface area contributed by atoms with Gasteiger partial charge in [-0.25, -0.2) is 12.8 Å². The molecule has 0 radical (unpaired) electrons. The molecule has 1 fully saturated rings. The second-order valence-electron chi connectivity index (χ2n) is 7.92. The predicted molar refractivity (Wildman–Crippen MR) is 119 cm³/mol. The average molecular weight is 462 g/mol. The minimum Gasteiger partial charge on any atom is -0.352 e. The summed E-state index contributed by atoms with van der Waals surface area (Å²) >= 11 is 0. The lowest BCUT2D eigenvalue weighted by Gasteiger charge is -2.34. The molecule has 0 atom stereocenters.